The Hall–Kier alpha value is -2.29. The van der Waals surface area contributed by atoms with Crippen LogP contribution in [0, 0.1) is 5.92 Å². The van der Waals surface area contributed by atoms with Gasteiger partial charge in [0.05, 0.1) is 6.61 Å². The second-order valence-corrected chi connectivity index (χ2v) is 6.43. The Morgan fingerprint density at radius 1 is 1.04 bits per heavy atom. The van der Waals surface area contributed by atoms with Crippen molar-refractivity contribution in [3.05, 3.63) is 66.2 Å². The molecule has 0 aliphatic carbocycles. The molecule has 1 aliphatic heterocycles. The molecule has 1 fully saturated rings. The molecule has 0 N–H and O–H groups in total. The summed E-state index contributed by atoms with van der Waals surface area (Å²) in [5.74, 6) is 1.77. The Morgan fingerprint density at radius 3 is 2.50 bits per heavy atom. The second-order valence-electron chi connectivity index (χ2n) is 6.43. The molecule has 2 aromatic carbocycles. The highest BCUT2D eigenvalue weighted by Crippen LogP contribution is 2.21. The van der Waals surface area contributed by atoms with Gasteiger partial charge in [0.25, 0.3) is 0 Å². The largest absolute Gasteiger partial charge is 0.494 e. The molecular formula is C21H25NO2. The number of hydrogen-bond acceptors (Lipinski definition) is 2. The molecule has 3 rings (SSSR count). The van der Waals surface area contributed by atoms with E-state index in [1.54, 1.807) is 0 Å². The number of carbonyl (C=O) groups is 1. The molecule has 0 bridgehead atoms. The van der Waals surface area contributed by atoms with Crippen molar-refractivity contribution in [1.29, 1.82) is 0 Å². The van der Waals surface area contributed by atoms with Crippen LogP contribution in [-0.4, -0.2) is 30.5 Å². The van der Waals surface area contributed by atoms with Gasteiger partial charge in [-0.25, -0.2) is 0 Å². The molecule has 0 spiro atoms. The average Bonchev–Trinajstić information content (AvgIpc) is 3.10. The molecule has 1 heterocycles. The number of carbonyl (C=O) groups excluding carboxylic acids is 1. The van der Waals surface area contributed by atoms with E-state index >= 15 is 0 Å². The van der Waals surface area contributed by atoms with Gasteiger partial charge in [-0.3, -0.25) is 4.79 Å². The summed E-state index contributed by atoms with van der Waals surface area (Å²) in [5, 5.41) is 0. The van der Waals surface area contributed by atoms with Crippen molar-refractivity contribution in [3.8, 4) is 5.75 Å². The minimum atomic E-state index is 0.283. The first kappa shape index (κ1) is 16.6. The van der Waals surface area contributed by atoms with Gasteiger partial charge in [-0.05, 0) is 42.9 Å². The van der Waals surface area contributed by atoms with Crippen LogP contribution in [0.15, 0.2) is 60.7 Å². The lowest BCUT2D eigenvalue weighted by Gasteiger charge is -2.17. The summed E-state index contributed by atoms with van der Waals surface area (Å²) in [6, 6.07) is 20.1. The average molecular weight is 323 g/mol. The monoisotopic (exact) mass is 323 g/mol. The Balaban J connectivity index is 1.36. The Morgan fingerprint density at radius 2 is 1.75 bits per heavy atom. The van der Waals surface area contributed by atoms with Crippen molar-refractivity contribution in [2.45, 2.75) is 25.7 Å². The Kier molecular flexibility index (Phi) is 5.89. The van der Waals surface area contributed by atoms with Gasteiger partial charge in [0, 0.05) is 19.5 Å². The van der Waals surface area contributed by atoms with Crippen LogP contribution in [0.1, 0.15) is 24.8 Å². The molecule has 2 aromatic rings. The van der Waals surface area contributed by atoms with Crippen LogP contribution in [0.2, 0.25) is 0 Å². The molecule has 1 amide bonds. The van der Waals surface area contributed by atoms with Gasteiger partial charge in [-0.15, -0.1) is 0 Å². The van der Waals surface area contributed by atoms with Gasteiger partial charge < -0.3 is 9.64 Å². The van der Waals surface area contributed by atoms with E-state index in [0.29, 0.717) is 12.3 Å². The van der Waals surface area contributed by atoms with E-state index in [1.807, 2.05) is 53.4 Å². The standard InChI is InChI=1S/C21H25NO2/c23-21(12-11-18-7-3-1-4-8-18)22-15-13-19(17-22)14-16-24-20-9-5-2-6-10-20/h1-10,19H,11-17H2. The number of amides is 1. The number of ether oxygens (including phenoxy) is 1. The fourth-order valence-electron chi connectivity index (χ4n) is 3.21. The quantitative estimate of drug-likeness (QED) is 0.772. The lowest BCUT2D eigenvalue weighted by molar-refractivity contribution is -0.130. The van der Waals surface area contributed by atoms with Crippen molar-refractivity contribution in [1.82, 2.24) is 4.90 Å². The fourth-order valence-corrected chi connectivity index (χ4v) is 3.21. The first-order valence-corrected chi connectivity index (χ1v) is 8.81. The normalized spacial score (nSPS) is 17.0. The predicted molar refractivity (Wildman–Crippen MR) is 96.0 cm³/mol. The van der Waals surface area contributed by atoms with Gasteiger partial charge in [0.1, 0.15) is 5.75 Å². The van der Waals surface area contributed by atoms with E-state index in [2.05, 4.69) is 12.1 Å². The van der Waals surface area contributed by atoms with Crippen LogP contribution in [0.4, 0.5) is 0 Å². The molecule has 3 heteroatoms. The first-order valence-electron chi connectivity index (χ1n) is 8.81. The number of hydrogen-bond donors (Lipinski definition) is 0. The maximum atomic E-state index is 12.4. The zero-order chi connectivity index (χ0) is 16.6. The SMILES string of the molecule is O=C(CCc1ccccc1)N1CCC(CCOc2ccccc2)C1. The van der Waals surface area contributed by atoms with Gasteiger partial charge in [-0.2, -0.15) is 0 Å². The lowest BCUT2D eigenvalue weighted by atomic mass is 10.1. The van der Waals surface area contributed by atoms with Gasteiger partial charge in [0.2, 0.25) is 5.91 Å². The molecule has 126 valence electrons. The summed E-state index contributed by atoms with van der Waals surface area (Å²) in [7, 11) is 0. The number of aryl methyl sites for hydroxylation is 1. The highest BCUT2D eigenvalue weighted by Gasteiger charge is 2.25. The topological polar surface area (TPSA) is 29.5 Å². The van der Waals surface area contributed by atoms with E-state index in [-0.39, 0.29) is 5.91 Å². The smallest absolute Gasteiger partial charge is 0.222 e. The predicted octanol–water partition coefficient (Wildman–Crippen LogP) is 3.94. The van der Waals surface area contributed by atoms with Crippen molar-refractivity contribution >= 4 is 5.91 Å². The van der Waals surface area contributed by atoms with Crippen LogP contribution in [0.25, 0.3) is 0 Å². The van der Waals surface area contributed by atoms with Gasteiger partial charge in [0.15, 0.2) is 0 Å². The van der Waals surface area contributed by atoms with E-state index in [9.17, 15) is 4.79 Å². The summed E-state index contributed by atoms with van der Waals surface area (Å²) in [4.78, 5) is 14.4. The highest BCUT2D eigenvalue weighted by molar-refractivity contribution is 5.76. The Bertz CT molecular complexity index is 627. The highest BCUT2D eigenvalue weighted by atomic mass is 16.5. The Labute approximate surface area is 144 Å². The van der Waals surface area contributed by atoms with Crippen molar-refractivity contribution < 1.29 is 9.53 Å². The van der Waals surface area contributed by atoms with Crippen LogP contribution in [0.5, 0.6) is 5.75 Å². The number of rotatable bonds is 7. The molecule has 0 radical (unpaired) electrons. The first-order chi connectivity index (χ1) is 11.8. The second kappa shape index (κ2) is 8.53. The van der Waals surface area contributed by atoms with Crippen LogP contribution in [-0.2, 0) is 11.2 Å². The molecule has 1 atom stereocenters. The molecule has 24 heavy (non-hydrogen) atoms. The summed E-state index contributed by atoms with van der Waals surface area (Å²) < 4.78 is 5.77. The minimum absolute atomic E-state index is 0.283. The zero-order valence-corrected chi connectivity index (χ0v) is 14.1. The molecule has 1 aliphatic rings. The van der Waals surface area contributed by atoms with Gasteiger partial charge in [-0.1, -0.05) is 48.5 Å². The van der Waals surface area contributed by atoms with E-state index in [1.165, 1.54) is 5.56 Å². The number of para-hydroxylation sites is 1. The van der Waals surface area contributed by atoms with E-state index in [4.69, 9.17) is 4.74 Å². The van der Waals surface area contributed by atoms with E-state index in [0.717, 1.165) is 44.7 Å². The minimum Gasteiger partial charge on any atom is -0.494 e. The van der Waals surface area contributed by atoms with Crippen molar-refractivity contribution in [2.24, 2.45) is 5.92 Å². The van der Waals surface area contributed by atoms with Crippen LogP contribution < -0.4 is 4.74 Å². The maximum Gasteiger partial charge on any atom is 0.222 e. The summed E-state index contributed by atoms with van der Waals surface area (Å²) in [6.45, 7) is 2.50. The third-order valence-corrected chi connectivity index (χ3v) is 4.65. The van der Waals surface area contributed by atoms with Crippen molar-refractivity contribution in [3.63, 3.8) is 0 Å². The fraction of sp³-hybridized carbons (Fsp3) is 0.381. The van der Waals surface area contributed by atoms with Crippen molar-refractivity contribution in [2.75, 3.05) is 19.7 Å². The maximum absolute atomic E-state index is 12.4. The van der Waals surface area contributed by atoms with Crippen LogP contribution >= 0.6 is 0 Å². The summed E-state index contributed by atoms with van der Waals surface area (Å²) in [6.07, 6.45) is 3.54. The summed E-state index contributed by atoms with van der Waals surface area (Å²) in [5.41, 5.74) is 1.23. The number of likely N-dealkylation sites (tertiary alicyclic amines) is 1. The number of benzene rings is 2. The lowest BCUT2D eigenvalue weighted by Crippen LogP contribution is -2.29. The molecule has 3 nitrogen and oxygen atoms in total. The third-order valence-electron chi connectivity index (χ3n) is 4.65. The molecule has 1 saturated heterocycles. The van der Waals surface area contributed by atoms with Gasteiger partial charge >= 0.3 is 0 Å². The van der Waals surface area contributed by atoms with Crippen LogP contribution in [0.3, 0.4) is 0 Å². The van der Waals surface area contributed by atoms with E-state index < -0.39 is 0 Å². The molecular weight excluding hydrogens is 298 g/mol. The third kappa shape index (κ3) is 4.85. The number of nitrogens with zero attached hydrogens (tertiary/aromatic N) is 1. The summed E-state index contributed by atoms with van der Waals surface area (Å²) >= 11 is 0. The molecule has 0 saturated carbocycles. The molecule has 1 unspecified atom stereocenters. The zero-order valence-electron chi connectivity index (χ0n) is 14.1. The molecule has 0 aromatic heterocycles.